The Balaban J connectivity index is 2.06. The van der Waals surface area contributed by atoms with Crippen LogP contribution in [0.4, 0.5) is 0 Å². The van der Waals surface area contributed by atoms with E-state index in [2.05, 4.69) is 0 Å². The van der Waals surface area contributed by atoms with Gasteiger partial charge in [0.2, 0.25) is 0 Å². The predicted octanol–water partition coefficient (Wildman–Crippen LogP) is 4.21. The zero-order valence-corrected chi connectivity index (χ0v) is 12.2. The van der Waals surface area contributed by atoms with Crippen molar-refractivity contribution in [3.05, 3.63) is 63.6 Å². The monoisotopic (exact) mass is 311 g/mol. The van der Waals surface area contributed by atoms with Crippen LogP contribution in [0.5, 0.6) is 5.75 Å². The average molecular weight is 312 g/mol. The van der Waals surface area contributed by atoms with Gasteiger partial charge in [-0.15, -0.1) is 0 Å². The lowest BCUT2D eigenvalue weighted by Crippen LogP contribution is -2.08. The number of halogens is 2. The molecular weight excluding hydrogens is 301 g/mol. The van der Waals surface area contributed by atoms with Gasteiger partial charge in [0.05, 0.1) is 0 Å². The fraction of sp³-hybridized carbons (Fsp3) is 0.0714. The molecule has 0 aromatic heterocycles. The van der Waals surface area contributed by atoms with E-state index >= 15 is 0 Å². The summed E-state index contributed by atoms with van der Waals surface area (Å²) in [5.41, 5.74) is 7.17. The van der Waals surface area contributed by atoms with Crippen LogP contribution >= 0.6 is 35.4 Å². The van der Waals surface area contributed by atoms with Gasteiger partial charge in [0.25, 0.3) is 0 Å². The first-order valence-corrected chi connectivity index (χ1v) is 6.69. The van der Waals surface area contributed by atoms with Crippen molar-refractivity contribution in [1.82, 2.24) is 0 Å². The van der Waals surface area contributed by atoms with Gasteiger partial charge >= 0.3 is 0 Å². The Bertz CT molecular complexity index is 599. The van der Waals surface area contributed by atoms with Crippen LogP contribution < -0.4 is 10.5 Å². The Labute approximate surface area is 127 Å². The maximum Gasteiger partial charge on any atom is 0.119 e. The quantitative estimate of drug-likeness (QED) is 0.859. The molecule has 0 atom stereocenters. The molecule has 0 radical (unpaired) electrons. The molecule has 0 unspecified atom stereocenters. The predicted molar refractivity (Wildman–Crippen MR) is 83.1 cm³/mol. The van der Waals surface area contributed by atoms with Crippen molar-refractivity contribution in [2.24, 2.45) is 5.73 Å². The summed E-state index contributed by atoms with van der Waals surface area (Å²) in [6.45, 7) is 0.353. The van der Waals surface area contributed by atoms with Gasteiger partial charge in [-0.1, -0.05) is 35.4 Å². The van der Waals surface area contributed by atoms with Gasteiger partial charge in [0.15, 0.2) is 0 Å². The lowest BCUT2D eigenvalue weighted by Gasteiger charge is -2.08. The molecule has 2 rings (SSSR count). The van der Waals surface area contributed by atoms with Crippen LogP contribution in [0.3, 0.4) is 0 Å². The largest absolute Gasteiger partial charge is 0.489 e. The number of nitrogens with two attached hydrogens (primary N) is 1. The number of benzene rings is 2. The molecule has 19 heavy (non-hydrogen) atoms. The molecule has 0 aliphatic carbocycles. The summed E-state index contributed by atoms with van der Waals surface area (Å²) >= 11 is 16.9. The Morgan fingerprint density at radius 2 is 1.79 bits per heavy atom. The second-order valence-electron chi connectivity index (χ2n) is 3.91. The minimum absolute atomic E-state index is 0.353. The van der Waals surface area contributed by atoms with Gasteiger partial charge in [-0.05, 0) is 42.5 Å². The summed E-state index contributed by atoms with van der Waals surface area (Å²) in [5.74, 6) is 0.719. The normalized spacial score (nSPS) is 10.2. The molecular formula is C14H11Cl2NOS. The van der Waals surface area contributed by atoms with Crippen molar-refractivity contribution < 1.29 is 4.74 Å². The molecule has 2 aromatic rings. The second kappa shape index (κ2) is 6.24. The van der Waals surface area contributed by atoms with Crippen LogP contribution in [0, 0.1) is 0 Å². The Kier molecular flexibility index (Phi) is 4.64. The van der Waals surface area contributed by atoms with Gasteiger partial charge in [-0.25, -0.2) is 0 Å². The molecule has 5 heteroatoms. The number of hydrogen-bond acceptors (Lipinski definition) is 2. The van der Waals surface area contributed by atoms with Gasteiger partial charge in [0.1, 0.15) is 17.3 Å². The minimum Gasteiger partial charge on any atom is -0.489 e. The highest BCUT2D eigenvalue weighted by molar-refractivity contribution is 7.80. The zero-order chi connectivity index (χ0) is 13.8. The van der Waals surface area contributed by atoms with E-state index in [0.29, 0.717) is 21.6 Å². The van der Waals surface area contributed by atoms with Crippen molar-refractivity contribution in [3.63, 3.8) is 0 Å². The van der Waals surface area contributed by atoms with Crippen molar-refractivity contribution in [2.75, 3.05) is 0 Å². The lowest BCUT2D eigenvalue weighted by atomic mass is 10.2. The van der Waals surface area contributed by atoms with Crippen molar-refractivity contribution in [3.8, 4) is 5.75 Å². The summed E-state index contributed by atoms with van der Waals surface area (Å²) in [6, 6.07) is 12.5. The molecule has 98 valence electrons. The van der Waals surface area contributed by atoms with E-state index < -0.39 is 0 Å². The van der Waals surface area contributed by atoms with E-state index in [9.17, 15) is 0 Å². The standard InChI is InChI=1S/C14H11Cl2NOS/c15-11-3-6-13(16)10(7-11)8-18-12-4-1-9(2-5-12)14(17)19/h1-7H,8H2,(H2,17,19). The maximum absolute atomic E-state index is 6.06. The van der Waals surface area contributed by atoms with Crippen molar-refractivity contribution in [1.29, 1.82) is 0 Å². The molecule has 2 N–H and O–H groups in total. The van der Waals surface area contributed by atoms with E-state index in [1.54, 1.807) is 18.2 Å². The second-order valence-corrected chi connectivity index (χ2v) is 5.20. The number of ether oxygens (including phenoxy) is 1. The fourth-order valence-corrected chi connectivity index (χ4v) is 2.03. The first kappa shape index (κ1) is 14.1. The highest BCUT2D eigenvalue weighted by atomic mass is 35.5. The molecule has 0 fully saturated rings. The van der Waals surface area contributed by atoms with Gasteiger partial charge < -0.3 is 10.5 Å². The summed E-state index contributed by atoms with van der Waals surface area (Å²) in [4.78, 5) is 0.365. The van der Waals surface area contributed by atoms with E-state index in [1.807, 2.05) is 24.3 Å². The van der Waals surface area contributed by atoms with Crippen LogP contribution in [0.15, 0.2) is 42.5 Å². The molecule has 0 aliphatic rings. The molecule has 2 aromatic carbocycles. The van der Waals surface area contributed by atoms with E-state index in [0.717, 1.165) is 16.9 Å². The van der Waals surface area contributed by atoms with E-state index in [-0.39, 0.29) is 0 Å². The third-order valence-corrected chi connectivity index (χ3v) is 3.38. The average Bonchev–Trinajstić information content (AvgIpc) is 2.40. The molecule has 0 saturated carbocycles. The number of hydrogen-bond donors (Lipinski definition) is 1. The van der Waals surface area contributed by atoms with Crippen molar-refractivity contribution >= 4 is 40.4 Å². The van der Waals surface area contributed by atoms with Crippen LogP contribution in [-0.2, 0) is 6.61 Å². The SMILES string of the molecule is NC(=S)c1ccc(OCc2cc(Cl)ccc2Cl)cc1. The molecule has 0 aliphatic heterocycles. The smallest absolute Gasteiger partial charge is 0.119 e. The Morgan fingerprint density at radius 1 is 1.11 bits per heavy atom. The molecule has 0 bridgehead atoms. The van der Waals surface area contributed by atoms with Crippen LogP contribution in [0.2, 0.25) is 10.0 Å². The first-order valence-electron chi connectivity index (χ1n) is 5.53. The number of thiocarbonyl (C=S) groups is 1. The highest BCUT2D eigenvalue weighted by Crippen LogP contribution is 2.22. The summed E-state index contributed by atoms with van der Waals surface area (Å²) in [7, 11) is 0. The highest BCUT2D eigenvalue weighted by Gasteiger charge is 2.03. The fourth-order valence-electron chi connectivity index (χ4n) is 1.53. The third kappa shape index (κ3) is 3.83. The third-order valence-electron chi connectivity index (χ3n) is 2.54. The Hall–Kier alpha value is -1.29. The molecule has 0 saturated heterocycles. The summed E-state index contributed by atoms with van der Waals surface area (Å²) in [6.07, 6.45) is 0. The minimum atomic E-state index is 0.353. The van der Waals surface area contributed by atoms with Crippen LogP contribution in [0.25, 0.3) is 0 Å². The first-order chi connectivity index (χ1) is 9.06. The molecule has 0 heterocycles. The van der Waals surface area contributed by atoms with Gasteiger partial charge in [0, 0.05) is 21.2 Å². The summed E-state index contributed by atoms with van der Waals surface area (Å²) < 4.78 is 5.64. The Morgan fingerprint density at radius 3 is 2.42 bits per heavy atom. The molecule has 2 nitrogen and oxygen atoms in total. The van der Waals surface area contributed by atoms with Crippen molar-refractivity contribution in [2.45, 2.75) is 6.61 Å². The van der Waals surface area contributed by atoms with Gasteiger partial charge in [-0.3, -0.25) is 0 Å². The van der Waals surface area contributed by atoms with Gasteiger partial charge in [-0.2, -0.15) is 0 Å². The lowest BCUT2D eigenvalue weighted by molar-refractivity contribution is 0.306. The maximum atomic E-state index is 6.06. The molecule has 0 amide bonds. The summed E-state index contributed by atoms with van der Waals surface area (Å²) in [5, 5.41) is 1.26. The number of rotatable bonds is 4. The van der Waals surface area contributed by atoms with Crippen LogP contribution in [0.1, 0.15) is 11.1 Å². The molecule has 0 spiro atoms. The topological polar surface area (TPSA) is 35.2 Å². The van der Waals surface area contributed by atoms with E-state index in [4.69, 9.17) is 45.9 Å². The zero-order valence-electron chi connectivity index (χ0n) is 9.90. The van der Waals surface area contributed by atoms with Crippen LogP contribution in [-0.4, -0.2) is 4.99 Å². The van der Waals surface area contributed by atoms with E-state index in [1.165, 1.54) is 0 Å².